The summed E-state index contributed by atoms with van der Waals surface area (Å²) in [6.07, 6.45) is 19.0. The zero-order valence-corrected chi connectivity index (χ0v) is 84.5. The van der Waals surface area contributed by atoms with Crippen LogP contribution in [0, 0.1) is 141 Å². The molecule has 1 saturated carbocycles. The topological polar surface area (TPSA) is 68.8 Å². The van der Waals surface area contributed by atoms with Gasteiger partial charge < -0.3 is 43.3 Å². The second kappa shape index (κ2) is 60.1. The summed E-state index contributed by atoms with van der Waals surface area (Å²) in [6, 6.07) is 1.48. The van der Waals surface area contributed by atoms with E-state index in [0.717, 1.165) is 220 Å². The maximum absolute atomic E-state index is 12.9. The van der Waals surface area contributed by atoms with Crippen molar-refractivity contribution in [1.82, 2.24) is 34.3 Å². The fourth-order valence-corrected chi connectivity index (χ4v) is 16.9. The number of likely N-dealkylation sites (tertiary alicyclic amines) is 6. The fourth-order valence-electron chi connectivity index (χ4n) is 16.9. The number of halogens is 1. The Hall–Kier alpha value is -0.550. The number of hydrogen-bond acceptors (Lipinski definition) is 12. The van der Waals surface area contributed by atoms with E-state index in [2.05, 4.69) is 277 Å². The molecule has 11 aliphatic heterocycles. The van der Waals surface area contributed by atoms with Crippen molar-refractivity contribution in [2.45, 2.75) is 329 Å². The Labute approximate surface area is 721 Å². The maximum Gasteiger partial charge on any atom is 0.133 e. The van der Waals surface area contributed by atoms with Crippen molar-refractivity contribution in [3.05, 3.63) is 0 Å². The highest BCUT2D eigenvalue weighted by Gasteiger charge is 2.41. The van der Waals surface area contributed by atoms with Crippen molar-refractivity contribution < 1.29 is 28.1 Å². The van der Waals surface area contributed by atoms with Crippen LogP contribution in [0.2, 0.25) is 0 Å². The molecule has 12 fully saturated rings. The van der Waals surface area contributed by atoms with E-state index < -0.39 is 5.67 Å². The minimum absolute atomic E-state index is 0.500. The van der Waals surface area contributed by atoms with E-state index in [1.807, 2.05) is 0 Å². The van der Waals surface area contributed by atoms with E-state index >= 15 is 0 Å². The first-order chi connectivity index (χ1) is 53.6. The summed E-state index contributed by atoms with van der Waals surface area (Å²) in [4.78, 5) is 17.1. The molecule has 690 valence electrons. The lowest BCUT2D eigenvalue weighted by atomic mass is 9.79. The third-order valence-electron chi connectivity index (χ3n) is 28.9. The minimum atomic E-state index is -0.892. The molecule has 0 spiro atoms. The van der Waals surface area contributed by atoms with Crippen LogP contribution in [-0.4, -0.2) is 244 Å². The Morgan fingerprint density at radius 1 is 0.391 bits per heavy atom. The predicted molar refractivity (Wildman–Crippen MR) is 503 cm³/mol. The third-order valence-corrected chi connectivity index (χ3v) is 28.9. The molecule has 0 aromatic carbocycles. The van der Waals surface area contributed by atoms with E-state index in [1.54, 1.807) is 6.92 Å². The summed E-state index contributed by atoms with van der Waals surface area (Å²) in [5.74, 6) is 19.2. The third kappa shape index (κ3) is 51.5. The largest absolute Gasteiger partial charge is 0.381 e. The average molecular weight is 1630 g/mol. The summed E-state index contributed by atoms with van der Waals surface area (Å²) < 4.78 is 38.9. The first-order valence-corrected chi connectivity index (χ1v) is 49.1. The lowest BCUT2D eigenvalue weighted by Gasteiger charge is -2.45. The lowest BCUT2D eigenvalue weighted by Crippen LogP contribution is -2.57. The molecule has 0 N–H and O–H groups in total. The molecule has 0 radical (unpaired) electrons. The predicted octanol–water partition coefficient (Wildman–Crippen LogP) is 23.8. The van der Waals surface area contributed by atoms with Crippen LogP contribution in [-0.2, 0) is 23.7 Å². The zero-order chi connectivity index (χ0) is 87.5. The highest BCUT2D eigenvalue weighted by Crippen LogP contribution is 2.51. The standard InChI is InChI=1S/2C12H23NO.C10H21N.C9H18FN.C9H19N.C8H17N.C8H16O.C7H17N.C7H14O.C7H14.C7H16.C6H12O/c2*1-9(2)12-4-5-13(6-10(12)3)11-7-14-8-11;1-8(2)10-5-6-11(4)7-9(10)3;1-8(2)4-5-11-6-9(3,10)7-11;1-8(2)9-4-6-10(3)7-5-9;1-8(2)4-7-9-5-3-6-9;1-7(2)8-3-5-9-6-4-8;1-7(2)5-6-8(3)4;1-6(2)7-3-4-8-5-7;1-6(2)7(3)4-5-7;1-6(2)7(3,4)5;1-5(2)6-3-7-4-6/h2*9-12H,4-8H2,1-3H3;8-10H,5-7H2,1-4H3;8H,4-7H2,1-3H3;8-9H,4-7H2,1-3H3;8H,3-7H2,1-2H3;7-8H,3-6H2,1-2H3;7H,5-6H2,1-4H3;6-7H,3-5H2,1-2H3;6H,4-5H2,1-3H3;6H,1-5H3;5-6H,3-4H2,1-2H3. The summed E-state index contributed by atoms with van der Waals surface area (Å²) in [5.41, 5.74) is 0.358. The molecule has 12 rings (SSSR count). The van der Waals surface area contributed by atoms with Crippen molar-refractivity contribution in [2.24, 2.45) is 141 Å². The number of piperidine rings is 4. The van der Waals surface area contributed by atoms with Gasteiger partial charge in [-0.3, -0.25) is 14.7 Å². The number of ether oxygens (including phenoxy) is 5. The smallest absolute Gasteiger partial charge is 0.133 e. The molecule has 13 heteroatoms. The Bertz CT molecular complexity index is 2180. The molecular weight excluding hydrogens is 1420 g/mol. The van der Waals surface area contributed by atoms with Gasteiger partial charge in [0.1, 0.15) is 5.67 Å². The fraction of sp³-hybridized carbons (Fsp3) is 1.00. The van der Waals surface area contributed by atoms with Crippen LogP contribution in [0.1, 0.15) is 311 Å². The Morgan fingerprint density at radius 3 is 0.965 bits per heavy atom. The maximum atomic E-state index is 12.9. The van der Waals surface area contributed by atoms with Crippen LogP contribution in [0.3, 0.4) is 0 Å². The van der Waals surface area contributed by atoms with Crippen molar-refractivity contribution in [3.8, 4) is 0 Å². The van der Waals surface area contributed by atoms with E-state index in [1.165, 1.54) is 168 Å². The highest BCUT2D eigenvalue weighted by atomic mass is 19.1. The quantitative estimate of drug-likeness (QED) is 0.124. The number of nitrogens with zero attached hydrogens (tertiary/aromatic N) is 7. The normalized spacial score (nSPS) is 26.4. The zero-order valence-electron chi connectivity index (χ0n) is 84.5. The second-order valence-electron chi connectivity index (χ2n) is 45.1. The van der Waals surface area contributed by atoms with Crippen LogP contribution >= 0.6 is 0 Å². The van der Waals surface area contributed by atoms with Crippen LogP contribution in [0.25, 0.3) is 0 Å². The van der Waals surface area contributed by atoms with Crippen molar-refractivity contribution >= 4 is 0 Å². The van der Waals surface area contributed by atoms with Gasteiger partial charge in [0, 0.05) is 65.1 Å². The highest BCUT2D eigenvalue weighted by molar-refractivity contribution is 4.93. The monoisotopic (exact) mass is 1630 g/mol. The molecule has 0 bridgehead atoms. The van der Waals surface area contributed by atoms with Gasteiger partial charge in [0.2, 0.25) is 0 Å². The van der Waals surface area contributed by atoms with Gasteiger partial charge in [0.15, 0.2) is 0 Å². The Morgan fingerprint density at radius 2 is 0.739 bits per heavy atom. The van der Waals surface area contributed by atoms with Gasteiger partial charge >= 0.3 is 0 Å². The molecular formula is C102H210FN7O5. The van der Waals surface area contributed by atoms with E-state index in [4.69, 9.17) is 23.7 Å². The van der Waals surface area contributed by atoms with Crippen molar-refractivity contribution in [3.63, 3.8) is 0 Å². The van der Waals surface area contributed by atoms with Gasteiger partial charge in [-0.05, 0) is 326 Å². The number of hydrogen-bond donors (Lipinski definition) is 0. The molecule has 7 unspecified atom stereocenters. The molecule has 12 aliphatic rings. The number of rotatable bonds is 19. The van der Waals surface area contributed by atoms with Gasteiger partial charge in [-0.15, -0.1) is 0 Å². The van der Waals surface area contributed by atoms with Crippen LogP contribution in [0.15, 0.2) is 0 Å². The molecule has 0 amide bonds. The van der Waals surface area contributed by atoms with E-state index in [0.29, 0.717) is 18.5 Å². The van der Waals surface area contributed by atoms with Gasteiger partial charge in [0.25, 0.3) is 0 Å². The second-order valence-corrected chi connectivity index (χ2v) is 45.1. The van der Waals surface area contributed by atoms with Crippen LogP contribution in [0.4, 0.5) is 4.39 Å². The lowest BCUT2D eigenvalue weighted by molar-refractivity contribution is -0.0837. The molecule has 11 heterocycles. The average Bonchev–Trinajstić information content (AvgIpc) is 1.70. The molecule has 12 nitrogen and oxygen atoms in total. The summed E-state index contributed by atoms with van der Waals surface area (Å²) in [7, 11) is 8.67. The van der Waals surface area contributed by atoms with Gasteiger partial charge in [-0.25, -0.2) is 4.39 Å². The molecule has 7 atom stereocenters. The molecule has 0 aromatic rings. The Kier molecular flexibility index (Phi) is 58.8. The summed E-state index contributed by atoms with van der Waals surface area (Å²) in [5, 5.41) is 0. The van der Waals surface area contributed by atoms with Crippen LogP contribution in [0.5, 0.6) is 0 Å². The first kappa shape index (κ1) is 112. The van der Waals surface area contributed by atoms with Gasteiger partial charge in [-0.2, -0.15) is 0 Å². The van der Waals surface area contributed by atoms with Crippen molar-refractivity contribution in [2.75, 3.05) is 192 Å². The SMILES string of the molecule is CC(C)C(C)(C)C.CC(C)C1(C)CC1.CC(C)C1CCN(C)CC1.CC(C)C1CCN(C)CC1C.CC(C)C1CCN(C2COC2)CC1C.CC(C)C1CCN(C2COC2)CC1C.CC(C)C1CCOC1.CC(C)C1CCOCC1.CC(C)C1COC1.CC(C)CCN(C)C.CC(C)CCN1CC(C)(F)C1.CC(C)CCN1CCC1. The molecule has 11 saturated heterocycles. The van der Waals surface area contributed by atoms with E-state index in [-0.39, 0.29) is 0 Å². The van der Waals surface area contributed by atoms with Gasteiger partial charge in [0.05, 0.1) is 51.7 Å². The summed E-state index contributed by atoms with van der Waals surface area (Å²) >= 11 is 0. The number of alkyl halides is 1. The van der Waals surface area contributed by atoms with Gasteiger partial charge in [-0.1, -0.05) is 215 Å². The van der Waals surface area contributed by atoms with Crippen molar-refractivity contribution in [1.29, 1.82) is 0 Å². The van der Waals surface area contributed by atoms with E-state index in [9.17, 15) is 4.39 Å². The van der Waals surface area contributed by atoms with Crippen LogP contribution < -0.4 is 0 Å². The Balaban J connectivity index is 0.000000632. The molecule has 1 aliphatic carbocycles. The molecule has 115 heavy (non-hydrogen) atoms. The summed E-state index contributed by atoms with van der Waals surface area (Å²) in [6.45, 7) is 101. The minimum Gasteiger partial charge on any atom is -0.381 e. The first-order valence-electron chi connectivity index (χ1n) is 49.1. The molecule has 0 aromatic heterocycles.